The van der Waals surface area contributed by atoms with Crippen molar-refractivity contribution >= 4 is 0 Å². The lowest BCUT2D eigenvalue weighted by Gasteiger charge is -2.17. The smallest absolute Gasteiger partial charge is 0.109 e. The van der Waals surface area contributed by atoms with Crippen LogP contribution >= 0.6 is 0 Å². The van der Waals surface area contributed by atoms with Crippen LogP contribution in [0.2, 0.25) is 0 Å². The van der Waals surface area contributed by atoms with Crippen LogP contribution in [-0.4, -0.2) is 19.5 Å². The zero-order valence-corrected chi connectivity index (χ0v) is 21.0. The highest BCUT2D eigenvalue weighted by atomic mass is 15.1. The van der Waals surface area contributed by atoms with Gasteiger partial charge in [-0.15, -0.1) is 0 Å². The summed E-state index contributed by atoms with van der Waals surface area (Å²) in [5.74, 6) is 2.17. The Morgan fingerprint density at radius 3 is 1.73 bits per heavy atom. The van der Waals surface area contributed by atoms with Crippen molar-refractivity contribution in [2.24, 2.45) is 17.9 Å². The number of hydrogen-bond acceptors (Lipinski definition) is 2. The summed E-state index contributed by atoms with van der Waals surface area (Å²) in [7, 11) is 2.11. The molecule has 0 aliphatic rings. The monoisotopic (exact) mass is 440 g/mol. The van der Waals surface area contributed by atoms with Crippen molar-refractivity contribution in [1.29, 1.82) is 0 Å². The van der Waals surface area contributed by atoms with E-state index >= 15 is 0 Å². The minimum Gasteiger partial charge on any atom is -0.342 e. The molecule has 2 heterocycles. The van der Waals surface area contributed by atoms with Crippen LogP contribution < -0.4 is 0 Å². The lowest BCUT2D eigenvalue weighted by atomic mass is 9.92. The van der Waals surface area contributed by atoms with Crippen LogP contribution in [0.4, 0.5) is 0 Å². The zero-order chi connectivity index (χ0) is 23.8. The van der Waals surface area contributed by atoms with Gasteiger partial charge in [0.25, 0.3) is 0 Å². The van der Waals surface area contributed by atoms with Gasteiger partial charge >= 0.3 is 0 Å². The van der Waals surface area contributed by atoms with E-state index in [4.69, 9.17) is 0 Å². The first-order chi connectivity index (χ1) is 15.5. The van der Waals surface area contributed by atoms with Gasteiger partial charge in [-0.05, 0) is 33.1 Å². The van der Waals surface area contributed by atoms with Crippen molar-refractivity contribution in [3.8, 4) is 33.6 Å². The molecule has 0 saturated carbocycles. The van der Waals surface area contributed by atoms with E-state index in [0.717, 1.165) is 41.4 Å². The Hall–Kier alpha value is -3.14. The Balaban J connectivity index is 1.50. The minimum absolute atomic E-state index is 0.217. The van der Waals surface area contributed by atoms with E-state index in [1.54, 1.807) is 0 Å². The van der Waals surface area contributed by atoms with E-state index in [1.807, 2.05) is 12.4 Å². The fourth-order valence-electron chi connectivity index (χ4n) is 4.13. The molecule has 0 amide bonds. The van der Waals surface area contributed by atoms with Crippen molar-refractivity contribution < 1.29 is 0 Å². The van der Waals surface area contributed by atoms with Gasteiger partial charge in [0, 0.05) is 19.9 Å². The average Bonchev–Trinajstić information content (AvgIpc) is 3.33. The molecule has 0 bridgehead atoms. The summed E-state index contributed by atoms with van der Waals surface area (Å²) in [5.41, 5.74) is 7.42. The Bertz CT molecular complexity index is 1210. The standard InChI is InChI=1S/C29H36N4/c1-28(2,3)16-26-30-18-24(32-26)22-12-8-20(9-13-22)21-10-14-23(15-11-21)25-19-31-27(33(25)7)17-29(4,5)6/h8-15,18-19H,16-17H2,1-7H3,(H,30,32). The van der Waals surface area contributed by atoms with Crippen molar-refractivity contribution in [2.75, 3.05) is 0 Å². The second-order valence-electron chi connectivity index (χ2n) is 11.5. The maximum atomic E-state index is 4.67. The molecule has 0 radical (unpaired) electrons. The second-order valence-corrected chi connectivity index (χ2v) is 11.5. The number of nitrogens with zero attached hydrogens (tertiary/aromatic N) is 3. The number of imidazole rings is 2. The molecule has 2 aromatic heterocycles. The van der Waals surface area contributed by atoms with E-state index in [2.05, 4.69) is 117 Å². The molecule has 0 saturated heterocycles. The summed E-state index contributed by atoms with van der Waals surface area (Å²) < 4.78 is 2.22. The van der Waals surface area contributed by atoms with Crippen LogP contribution in [0, 0.1) is 10.8 Å². The fraction of sp³-hybridized carbons (Fsp3) is 0.379. The first-order valence-corrected chi connectivity index (χ1v) is 11.7. The second kappa shape index (κ2) is 8.66. The van der Waals surface area contributed by atoms with E-state index in [0.29, 0.717) is 0 Å². The zero-order valence-electron chi connectivity index (χ0n) is 21.0. The molecule has 0 fully saturated rings. The van der Waals surface area contributed by atoms with Crippen LogP contribution in [0.25, 0.3) is 33.6 Å². The first-order valence-electron chi connectivity index (χ1n) is 11.7. The fourth-order valence-corrected chi connectivity index (χ4v) is 4.13. The Morgan fingerprint density at radius 1 is 0.667 bits per heavy atom. The summed E-state index contributed by atoms with van der Waals surface area (Å²) in [6.07, 6.45) is 5.82. The van der Waals surface area contributed by atoms with Gasteiger partial charge in [0.05, 0.1) is 23.8 Å². The van der Waals surface area contributed by atoms with Crippen LogP contribution in [0.15, 0.2) is 60.9 Å². The summed E-state index contributed by atoms with van der Waals surface area (Å²) in [6.45, 7) is 13.4. The van der Waals surface area contributed by atoms with Gasteiger partial charge in [0.2, 0.25) is 0 Å². The van der Waals surface area contributed by atoms with Gasteiger partial charge in [0.15, 0.2) is 0 Å². The molecule has 0 aliphatic carbocycles. The highest BCUT2D eigenvalue weighted by Gasteiger charge is 2.17. The van der Waals surface area contributed by atoms with E-state index in [-0.39, 0.29) is 10.8 Å². The summed E-state index contributed by atoms with van der Waals surface area (Å²) in [4.78, 5) is 12.7. The van der Waals surface area contributed by atoms with Crippen molar-refractivity contribution in [2.45, 2.75) is 54.4 Å². The molecule has 172 valence electrons. The Kier molecular flexibility index (Phi) is 6.04. The van der Waals surface area contributed by atoms with Gasteiger partial charge in [-0.1, -0.05) is 90.1 Å². The van der Waals surface area contributed by atoms with Crippen molar-refractivity contribution in [3.63, 3.8) is 0 Å². The third-order valence-corrected chi connectivity index (χ3v) is 5.81. The lowest BCUT2D eigenvalue weighted by molar-refractivity contribution is 0.396. The van der Waals surface area contributed by atoms with Crippen LogP contribution in [-0.2, 0) is 19.9 Å². The molecular formula is C29H36N4. The molecule has 4 aromatic rings. The normalized spacial score (nSPS) is 12.3. The SMILES string of the molecule is Cn1c(-c2ccc(-c3ccc(-c4cnc(CC(C)(C)C)[nH]4)cc3)cc2)cnc1CC(C)(C)C. The number of H-pyrrole nitrogens is 1. The molecule has 0 aliphatic heterocycles. The maximum Gasteiger partial charge on any atom is 0.109 e. The highest BCUT2D eigenvalue weighted by Crippen LogP contribution is 2.29. The molecule has 4 rings (SSSR count). The van der Waals surface area contributed by atoms with Gasteiger partial charge in [0.1, 0.15) is 11.6 Å². The molecule has 33 heavy (non-hydrogen) atoms. The number of benzene rings is 2. The number of aromatic amines is 1. The quantitative estimate of drug-likeness (QED) is 0.353. The predicted octanol–water partition coefficient (Wildman–Crippen LogP) is 7.32. The van der Waals surface area contributed by atoms with Gasteiger partial charge in [-0.3, -0.25) is 0 Å². The summed E-state index contributed by atoms with van der Waals surface area (Å²) >= 11 is 0. The van der Waals surface area contributed by atoms with E-state index in [9.17, 15) is 0 Å². The van der Waals surface area contributed by atoms with Crippen LogP contribution in [0.1, 0.15) is 53.2 Å². The topological polar surface area (TPSA) is 46.5 Å². The van der Waals surface area contributed by atoms with Crippen molar-refractivity contribution in [1.82, 2.24) is 19.5 Å². The number of nitrogens with one attached hydrogen (secondary N) is 1. The largest absolute Gasteiger partial charge is 0.342 e. The minimum atomic E-state index is 0.217. The predicted molar refractivity (Wildman–Crippen MR) is 138 cm³/mol. The molecule has 2 aromatic carbocycles. The summed E-state index contributed by atoms with van der Waals surface area (Å²) in [6, 6.07) is 17.5. The Morgan fingerprint density at radius 2 is 1.18 bits per heavy atom. The van der Waals surface area contributed by atoms with Crippen molar-refractivity contribution in [3.05, 3.63) is 72.6 Å². The highest BCUT2D eigenvalue weighted by molar-refractivity contribution is 5.71. The van der Waals surface area contributed by atoms with Gasteiger partial charge < -0.3 is 9.55 Å². The van der Waals surface area contributed by atoms with Gasteiger partial charge in [-0.25, -0.2) is 9.97 Å². The van der Waals surface area contributed by atoms with Crippen LogP contribution in [0.3, 0.4) is 0 Å². The molecule has 0 spiro atoms. The Labute approximate surface area is 198 Å². The molecule has 1 N–H and O–H groups in total. The third kappa shape index (κ3) is 5.62. The molecule has 4 heteroatoms. The average molecular weight is 441 g/mol. The molecular weight excluding hydrogens is 404 g/mol. The van der Waals surface area contributed by atoms with E-state index in [1.165, 1.54) is 16.7 Å². The third-order valence-electron chi connectivity index (χ3n) is 5.81. The van der Waals surface area contributed by atoms with Crippen LogP contribution in [0.5, 0.6) is 0 Å². The lowest BCUT2D eigenvalue weighted by Crippen LogP contribution is -2.13. The molecule has 0 unspecified atom stereocenters. The van der Waals surface area contributed by atoms with E-state index < -0.39 is 0 Å². The first kappa shape index (κ1) is 23.0. The number of rotatable bonds is 5. The van der Waals surface area contributed by atoms with Gasteiger partial charge in [-0.2, -0.15) is 0 Å². The number of aromatic nitrogens is 4. The number of hydrogen-bond donors (Lipinski definition) is 1. The molecule has 0 atom stereocenters. The summed E-state index contributed by atoms with van der Waals surface area (Å²) in [5, 5.41) is 0. The maximum absolute atomic E-state index is 4.67. The molecule has 4 nitrogen and oxygen atoms in total.